The van der Waals surface area contributed by atoms with Crippen molar-refractivity contribution in [2.45, 2.75) is 77.0 Å². The summed E-state index contributed by atoms with van der Waals surface area (Å²) in [5, 5.41) is 6.98. The second-order valence-corrected chi connectivity index (χ2v) is 8.27. The van der Waals surface area contributed by atoms with Crippen LogP contribution in [0.15, 0.2) is 12.5 Å². The lowest BCUT2D eigenvalue weighted by atomic mass is 9.79. The lowest BCUT2D eigenvalue weighted by Crippen LogP contribution is -2.62. The van der Waals surface area contributed by atoms with Crippen molar-refractivity contribution in [2.24, 2.45) is 5.92 Å². The number of hydrogen-bond acceptors (Lipinski definition) is 3. The maximum absolute atomic E-state index is 12.7. The topological polar surface area (TPSA) is 59.0 Å². The number of carbonyl (C=O) groups is 1. The van der Waals surface area contributed by atoms with Crippen molar-refractivity contribution < 1.29 is 4.79 Å². The van der Waals surface area contributed by atoms with E-state index in [9.17, 15) is 4.79 Å². The Morgan fingerprint density at radius 1 is 1.32 bits per heavy atom. The fourth-order valence-electron chi connectivity index (χ4n) is 4.34. The van der Waals surface area contributed by atoms with Crippen molar-refractivity contribution in [3.8, 4) is 0 Å². The summed E-state index contributed by atoms with van der Waals surface area (Å²) in [4.78, 5) is 16.8. The molecule has 2 aliphatic rings. The summed E-state index contributed by atoms with van der Waals surface area (Å²) in [6.07, 6.45) is 7.42. The molecule has 122 valence electrons. The molecule has 0 bridgehead atoms. The van der Waals surface area contributed by atoms with E-state index in [0.29, 0.717) is 0 Å². The molecule has 1 fully saturated rings. The Bertz CT molecular complexity index is 545. The number of amides is 1. The summed E-state index contributed by atoms with van der Waals surface area (Å²) in [5.41, 5.74) is 1.30. The Balaban J connectivity index is 1.62. The van der Waals surface area contributed by atoms with E-state index in [2.05, 4.69) is 47.9 Å². The van der Waals surface area contributed by atoms with Gasteiger partial charge in [-0.15, -0.1) is 0 Å². The van der Waals surface area contributed by atoms with Gasteiger partial charge in [0.1, 0.15) is 0 Å². The number of rotatable bonds is 2. The first-order valence-electron chi connectivity index (χ1n) is 8.33. The minimum absolute atomic E-state index is 0.0604. The Hall–Kier alpha value is -1.36. The molecule has 1 aromatic heterocycles. The van der Waals surface area contributed by atoms with Gasteiger partial charge in [-0.1, -0.05) is 0 Å². The molecule has 0 saturated carbocycles. The number of piperidine rings is 1. The van der Waals surface area contributed by atoms with Gasteiger partial charge in [-0.3, -0.25) is 4.79 Å². The average molecular weight is 304 g/mol. The maximum Gasteiger partial charge on any atom is 0.223 e. The van der Waals surface area contributed by atoms with Gasteiger partial charge in [0.2, 0.25) is 5.91 Å². The SMILES string of the molecule is CC1(C)CC(NC(=O)C2CCn3cncc3C2)CC(C)(C)N1. The molecular weight excluding hydrogens is 276 g/mol. The molecule has 0 radical (unpaired) electrons. The summed E-state index contributed by atoms with van der Waals surface area (Å²) >= 11 is 0. The number of nitrogens with zero attached hydrogens (tertiary/aromatic N) is 2. The Morgan fingerprint density at radius 2 is 2.00 bits per heavy atom. The van der Waals surface area contributed by atoms with Crippen molar-refractivity contribution >= 4 is 5.91 Å². The number of fused-ring (bicyclic) bond motifs is 1. The van der Waals surface area contributed by atoms with E-state index in [-0.39, 0.29) is 28.9 Å². The Morgan fingerprint density at radius 3 is 2.68 bits per heavy atom. The number of carbonyl (C=O) groups excluding carboxylic acids is 1. The van der Waals surface area contributed by atoms with Gasteiger partial charge in [0.05, 0.1) is 6.33 Å². The highest BCUT2D eigenvalue weighted by atomic mass is 16.1. The molecule has 3 heterocycles. The van der Waals surface area contributed by atoms with Crippen molar-refractivity contribution in [3.05, 3.63) is 18.2 Å². The maximum atomic E-state index is 12.7. The molecule has 0 aliphatic carbocycles. The third-order valence-electron chi connectivity index (χ3n) is 4.88. The summed E-state index contributed by atoms with van der Waals surface area (Å²) in [6.45, 7) is 9.76. The molecule has 5 nitrogen and oxygen atoms in total. The van der Waals surface area contributed by atoms with E-state index < -0.39 is 0 Å². The van der Waals surface area contributed by atoms with Crippen LogP contribution in [0.2, 0.25) is 0 Å². The zero-order chi connectivity index (χ0) is 16.0. The summed E-state index contributed by atoms with van der Waals surface area (Å²) < 4.78 is 2.15. The summed E-state index contributed by atoms with van der Waals surface area (Å²) in [6, 6.07) is 0.255. The first kappa shape index (κ1) is 15.5. The highest BCUT2D eigenvalue weighted by Crippen LogP contribution is 2.29. The van der Waals surface area contributed by atoms with E-state index in [0.717, 1.165) is 32.2 Å². The van der Waals surface area contributed by atoms with E-state index in [1.165, 1.54) is 5.69 Å². The van der Waals surface area contributed by atoms with Crippen LogP contribution in [-0.4, -0.2) is 32.6 Å². The second-order valence-electron chi connectivity index (χ2n) is 8.27. The molecule has 1 amide bonds. The highest BCUT2D eigenvalue weighted by Gasteiger charge is 2.39. The lowest BCUT2D eigenvalue weighted by Gasteiger charge is -2.47. The van der Waals surface area contributed by atoms with Crippen molar-refractivity contribution in [2.75, 3.05) is 0 Å². The van der Waals surface area contributed by atoms with Crippen molar-refractivity contribution in [1.82, 2.24) is 20.2 Å². The van der Waals surface area contributed by atoms with E-state index >= 15 is 0 Å². The van der Waals surface area contributed by atoms with Crippen LogP contribution in [0.25, 0.3) is 0 Å². The molecule has 3 rings (SSSR count). The fraction of sp³-hybridized carbons (Fsp3) is 0.765. The predicted octanol–water partition coefficient (Wildman–Crippen LogP) is 1.87. The van der Waals surface area contributed by atoms with Gasteiger partial charge in [-0.05, 0) is 47.0 Å². The van der Waals surface area contributed by atoms with E-state index in [1.807, 2.05) is 12.5 Å². The molecular formula is C17H28N4O. The lowest BCUT2D eigenvalue weighted by molar-refractivity contribution is -0.126. The van der Waals surface area contributed by atoms with Crippen molar-refractivity contribution in [1.29, 1.82) is 0 Å². The number of hydrogen-bond donors (Lipinski definition) is 2. The smallest absolute Gasteiger partial charge is 0.223 e. The third-order valence-corrected chi connectivity index (χ3v) is 4.88. The normalized spacial score (nSPS) is 27.2. The van der Waals surface area contributed by atoms with Gasteiger partial charge in [-0.25, -0.2) is 4.98 Å². The summed E-state index contributed by atoms with van der Waals surface area (Å²) in [5.74, 6) is 0.302. The minimum Gasteiger partial charge on any atom is -0.353 e. The van der Waals surface area contributed by atoms with Crippen LogP contribution in [0.5, 0.6) is 0 Å². The Labute approximate surface area is 132 Å². The average Bonchev–Trinajstić information content (AvgIpc) is 2.81. The van der Waals surface area contributed by atoms with Gasteiger partial charge in [-0.2, -0.15) is 0 Å². The van der Waals surface area contributed by atoms with Crippen LogP contribution in [0.4, 0.5) is 0 Å². The zero-order valence-corrected chi connectivity index (χ0v) is 14.1. The number of imidazole rings is 1. The van der Waals surface area contributed by atoms with Crippen LogP contribution in [0.3, 0.4) is 0 Å². The molecule has 0 spiro atoms. The fourth-order valence-corrected chi connectivity index (χ4v) is 4.34. The van der Waals surface area contributed by atoms with Gasteiger partial charge in [0.15, 0.2) is 0 Å². The van der Waals surface area contributed by atoms with Crippen LogP contribution in [0, 0.1) is 5.92 Å². The third kappa shape index (κ3) is 3.35. The van der Waals surface area contributed by atoms with Crippen LogP contribution >= 0.6 is 0 Å². The Kier molecular flexibility index (Phi) is 3.79. The molecule has 1 unspecified atom stereocenters. The standard InChI is InChI=1S/C17H28N4O/c1-16(2)8-13(9-17(3,4)20-16)19-15(22)12-5-6-21-11-18-10-14(21)7-12/h10-13,20H,5-9H2,1-4H3,(H,19,22). The van der Waals surface area contributed by atoms with Crippen LogP contribution in [0.1, 0.15) is 52.7 Å². The minimum atomic E-state index is 0.0604. The molecule has 2 aliphatic heterocycles. The summed E-state index contributed by atoms with van der Waals surface area (Å²) in [7, 11) is 0. The highest BCUT2D eigenvalue weighted by molar-refractivity contribution is 5.79. The quantitative estimate of drug-likeness (QED) is 0.877. The molecule has 1 saturated heterocycles. The van der Waals surface area contributed by atoms with Gasteiger partial charge in [0.25, 0.3) is 0 Å². The first-order chi connectivity index (χ1) is 10.2. The molecule has 5 heteroatoms. The monoisotopic (exact) mass is 304 g/mol. The van der Waals surface area contributed by atoms with Gasteiger partial charge < -0.3 is 15.2 Å². The van der Waals surface area contributed by atoms with Gasteiger partial charge in [0, 0.05) is 47.9 Å². The number of aryl methyl sites for hydroxylation is 1. The van der Waals surface area contributed by atoms with Gasteiger partial charge >= 0.3 is 0 Å². The molecule has 0 aromatic carbocycles. The molecule has 1 aromatic rings. The van der Waals surface area contributed by atoms with Crippen LogP contribution in [-0.2, 0) is 17.8 Å². The molecule has 1 atom stereocenters. The van der Waals surface area contributed by atoms with E-state index in [4.69, 9.17) is 0 Å². The molecule has 22 heavy (non-hydrogen) atoms. The number of nitrogens with one attached hydrogen (secondary N) is 2. The zero-order valence-electron chi connectivity index (χ0n) is 14.1. The predicted molar refractivity (Wildman–Crippen MR) is 86.5 cm³/mol. The number of aromatic nitrogens is 2. The van der Waals surface area contributed by atoms with E-state index in [1.54, 1.807) is 0 Å². The van der Waals surface area contributed by atoms with Crippen LogP contribution < -0.4 is 10.6 Å². The first-order valence-corrected chi connectivity index (χ1v) is 8.33. The second kappa shape index (κ2) is 5.37. The molecule has 2 N–H and O–H groups in total. The largest absolute Gasteiger partial charge is 0.353 e. The van der Waals surface area contributed by atoms with Crippen molar-refractivity contribution in [3.63, 3.8) is 0 Å².